The minimum atomic E-state index is 0. The number of hydrogen-bond acceptors (Lipinski definition) is 2. The second-order valence-electron chi connectivity index (χ2n) is 4.26. The molecule has 2 nitrogen and oxygen atoms in total. The molecule has 0 bridgehead atoms. The Balaban J connectivity index is 0.00000133. The Morgan fingerprint density at radius 3 is 2.42 bits per heavy atom. The topological polar surface area (TPSA) is 6.48 Å². The Hall–Kier alpha value is -1.57. The van der Waals surface area contributed by atoms with E-state index < -0.39 is 0 Å². The molecule has 0 saturated carbocycles. The van der Waals surface area contributed by atoms with Crippen molar-refractivity contribution in [3.8, 4) is 0 Å². The van der Waals surface area contributed by atoms with Crippen molar-refractivity contribution < 1.29 is 20.1 Å². The van der Waals surface area contributed by atoms with E-state index in [1.54, 1.807) is 0 Å². The van der Waals surface area contributed by atoms with E-state index in [1.807, 2.05) is 24.3 Å². The molecule has 2 aromatic carbocycles. The summed E-state index contributed by atoms with van der Waals surface area (Å²) in [6.07, 6.45) is 2.13. The van der Waals surface area contributed by atoms with E-state index in [4.69, 9.17) is 0 Å². The number of anilines is 1. The SMILES string of the molecule is CN1[CH-]N(c2[c-]cccc2)C=C1c1ccccc1.[Ir]. The van der Waals surface area contributed by atoms with Crippen LogP contribution in [0.1, 0.15) is 5.56 Å². The van der Waals surface area contributed by atoms with Gasteiger partial charge in [-0.1, -0.05) is 30.3 Å². The summed E-state index contributed by atoms with van der Waals surface area (Å²) in [6, 6.07) is 21.6. The van der Waals surface area contributed by atoms with Crippen LogP contribution >= 0.6 is 0 Å². The molecule has 3 rings (SSSR count). The molecule has 0 unspecified atom stereocenters. The van der Waals surface area contributed by atoms with Crippen LogP contribution in [0.3, 0.4) is 0 Å². The van der Waals surface area contributed by atoms with Crippen molar-refractivity contribution in [3.63, 3.8) is 0 Å². The van der Waals surface area contributed by atoms with Crippen LogP contribution in [0.5, 0.6) is 0 Å². The average Bonchev–Trinajstić information content (AvgIpc) is 2.83. The van der Waals surface area contributed by atoms with Gasteiger partial charge in [-0.2, -0.15) is 37.0 Å². The van der Waals surface area contributed by atoms with Gasteiger partial charge in [0.1, 0.15) is 0 Å². The van der Waals surface area contributed by atoms with E-state index in [-0.39, 0.29) is 20.1 Å². The average molecular weight is 427 g/mol. The first-order valence-electron chi connectivity index (χ1n) is 5.95. The van der Waals surface area contributed by atoms with E-state index in [0.717, 1.165) is 5.69 Å². The zero-order chi connectivity index (χ0) is 12.4. The second-order valence-corrected chi connectivity index (χ2v) is 4.26. The molecule has 0 aliphatic carbocycles. The first-order chi connectivity index (χ1) is 8.84. The van der Waals surface area contributed by atoms with Gasteiger partial charge < -0.3 is 9.80 Å². The fourth-order valence-electron chi connectivity index (χ4n) is 2.07. The molecule has 3 heteroatoms. The largest absolute Gasteiger partial charge is 0.504 e. The summed E-state index contributed by atoms with van der Waals surface area (Å²) in [7, 11) is 2.06. The molecular weight excluding hydrogens is 412 g/mol. The van der Waals surface area contributed by atoms with Crippen molar-refractivity contribution in [2.75, 3.05) is 11.9 Å². The summed E-state index contributed by atoms with van der Waals surface area (Å²) in [6.45, 7) is 2.06. The Kier molecular flexibility index (Phi) is 4.41. The van der Waals surface area contributed by atoms with E-state index in [1.165, 1.54) is 11.3 Å². The van der Waals surface area contributed by atoms with Gasteiger partial charge in [-0.15, -0.1) is 5.69 Å². The molecule has 19 heavy (non-hydrogen) atoms. The van der Waals surface area contributed by atoms with Crippen LogP contribution in [0.4, 0.5) is 5.69 Å². The Morgan fingerprint density at radius 1 is 1.00 bits per heavy atom. The predicted octanol–water partition coefficient (Wildman–Crippen LogP) is 3.35. The summed E-state index contributed by atoms with van der Waals surface area (Å²) < 4.78 is 0. The van der Waals surface area contributed by atoms with Crippen molar-refractivity contribution in [1.82, 2.24) is 4.90 Å². The number of para-hydroxylation sites is 1. The van der Waals surface area contributed by atoms with E-state index >= 15 is 0 Å². The molecule has 0 aromatic heterocycles. The molecule has 0 fully saturated rings. The molecule has 1 aliphatic heterocycles. The summed E-state index contributed by atoms with van der Waals surface area (Å²) in [5.74, 6) is 0. The van der Waals surface area contributed by atoms with Gasteiger partial charge in [-0.25, -0.2) is 0 Å². The first kappa shape index (κ1) is 13.9. The molecule has 0 spiro atoms. The Bertz CT molecular complexity index is 551. The van der Waals surface area contributed by atoms with Gasteiger partial charge in [-0.05, 0) is 18.8 Å². The smallest absolute Gasteiger partial charge is 0.0297 e. The summed E-state index contributed by atoms with van der Waals surface area (Å²) in [5, 5.41) is 0. The monoisotopic (exact) mass is 427 g/mol. The molecule has 1 heterocycles. The standard InChI is InChI=1S/C16H14N2.Ir/c1-17-13-18(15-10-6-3-7-11-15)12-16(17)14-8-4-2-5-9-14;/h2-10,12-13H,1H3;/q-2;. The fraction of sp³-hybridized carbons (Fsp3) is 0.0625. The molecule has 1 aliphatic rings. The molecule has 2 aromatic rings. The molecule has 0 N–H and O–H groups in total. The summed E-state index contributed by atoms with van der Waals surface area (Å²) >= 11 is 0. The van der Waals surface area contributed by atoms with E-state index in [9.17, 15) is 0 Å². The van der Waals surface area contributed by atoms with Gasteiger partial charge in [-0.3, -0.25) is 0 Å². The zero-order valence-corrected chi connectivity index (χ0v) is 13.0. The molecule has 1 radical (unpaired) electrons. The maximum atomic E-state index is 3.23. The first-order valence-corrected chi connectivity index (χ1v) is 5.95. The van der Waals surface area contributed by atoms with Crippen LogP contribution in [0.15, 0.2) is 60.8 Å². The summed E-state index contributed by atoms with van der Waals surface area (Å²) in [5.41, 5.74) is 3.46. The molecule has 99 valence electrons. The maximum absolute atomic E-state index is 3.23. The normalized spacial score (nSPS) is 14.1. The van der Waals surface area contributed by atoms with Gasteiger partial charge >= 0.3 is 0 Å². The van der Waals surface area contributed by atoms with Crippen molar-refractivity contribution in [1.29, 1.82) is 0 Å². The van der Waals surface area contributed by atoms with Crippen molar-refractivity contribution in [2.24, 2.45) is 0 Å². The van der Waals surface area contributed by atoms with Crippen LogP contribution in [-0.2, 0) is 20.1 Å². The summed E-state index contributed by atoms with van der Waals surface area (Å²) in [4.78, 5) is 4.21. The molecule has 0 saturated heterocycles. The van der Waals surface area contributed by atoms with Crippen molar-refractivity contribution in [3.05, 3.63) is 79.1 Å². The molecule has 0 amide bonds. The van der Waals surface area contributed by atoms with Gasteiger partial charge in [0.15, 0.2) is 0 Å². The third-order valence-electron chi connectivity index (χ3n) is 2.98. The van der Waals surface area contributed by atoms with Crippen LogP contribution in [0, 0.1) is 12.7 Å². The van der Waals surface area contributed by atoms with Crippen LogP contribution in [0.2, 0.25) is 0 Å². The molecule has 0 atom stereocenters. The Labute approximate surface area is 127 Å². The Morgan fingerprint density at radius 2 is 1.74 bits per heavy atom. The van der Waals surface area contributed by atoms with E-state index in [0.29, 0.717) is 0 Å². The van der Waals surface area contributed by atoms with Crippen molar-refractivity contribution in [2.45, 2.75) is 0 Å². The van der Waals surface area contributed by atoms with Gasteiger partial charge in [0, 0.05) is 25.8 Å². The third kappa shape index (κ3) is 2.89. The van der Waals surface area contributed by atoms with Crippen LogP contribution < -0.4 is 4.90 Å². The van der Waals surface area contributed by atoms with Gasteiger partial charge in [0.2, 0.25) is 0 Å². The van der Waals surface area contributed by atoms with Crippen LogP contribution in [0.25, 0.3) is 5.70 Å². The second kappa shape index (κ2) is 6.05. The van der Waals surface area contributed by atoms with E-state index in [2.05, 4.69) is 66.1 Å². The van der Waals surface area contributed by atoms with Crippen molar-refractivity contribution >= 4 is 11.4 Å². The van der Waals surface area contributed by atoms with Crippen LogP contribution in [-0.4, -0.2) is 11.9 Å². The maximum Gasteiger partial charge on any atom is 0.0297 e. The predicted molar refractivity (Wildman–Crippen MR) is 74.2 cm³/mol. The molecular formula is C16H14IrN2-2. The number of rotatable bonds is 2. The van der Waals surface area contributed by atoms with Gasteiger partial charge in [0.25, 0.3) is 0 Å². The number of benzene rings is 2. The van der Waals surface area contributed by atoms with Gasteiger partial charge in [0.05, 0.1) is 0 Å². The minimum absolute atomic E-state index is 0. The minimum Gasteiger partial charge on any atom is -0.504 e. The fourth-order valence-corrected chi connectivity index (χ4v) is 2.07. The quantitative estimate of drug-likeness (QED) is 0.680. The third-order valence-corrected chi connectivity index (χ3v) is 2.98. The number of hydrogen-bond donors (Lipinski definition) is 0. The zero-order valence-electron chi connectivity index (χ0n) is 10.6. The number of nitrogens with zero attached hydrogens (tertiary/aromatic N) is 2.